The highest BCUT2D eigenvalue weighted by molar-refractivity contribution is 5.95. The molecular weight excluding hydrogens is 270 g/mol. The van der Waals surface area contributed by atoms with E-state index in [2.05, 4.69) is 10.6 Å². The number of urea groups is 1. The first-order valence-electron chi connectivity index (χ1n) is 6.70. The number of anilines is 1. The Balaban J connectivity index is 2.59. The van der Waals surface area contributed by atoms with Crippen LogP contribution >= 0.6 is 0 Å². The quantitative estimate of drug-likeness (QED) is 0.811. The Hall–Kier alpha value is -2.37. The Morgan fingerprint density at radius 3 is 2.24 bits per heavy atom. The van der Waals surface area contributed by atoms with Crippen molar-refractivity contribution in [1.82, 2.24) is 10.2 Å². The molecule has 1 aromatic rings. The van der Waals surface area contributed by atoms with Crippen LogP contribution in [0.5, 0.6) is 0 Å². The molecule has 114 valence electrons. The maximum atomic E-state index is 12.0. The zero-order valence-corrected chi connectivity index (χ0v) is 12.8. The van der Waals surface area contributed by atoms with Crippen molar-refractivity contribution in [2.45, 2.75) is 13.8 Å². The molecule has 2 N–H and O–H groups in total. The van der Waals surface area contributed by atoms with Gasteiger partial charge in [0, 0.05) is 31.9 Å². The largest absolute Gasteiger partial charge is 0.359 e. The van der Waals surface area contributed by atoms with Crippen LogP contribution < -0.4 is 10.6 Å². The highest BCUT2D eigenvalue weighted by Crippen LogP contribution is 2.11. The van der Waals surface area contributed by atoms with Crippen LogP contribution in [0.25, 0.3) is 0 Å². The summed E-state index contributed by atoms with van der Waals surface area (Å²) in [7, 11) is 3.19. The number of hydrogen-bond donors (Lipinski definition) is 2. The van der Waals surface area contributed by atoms with Crippen molar-refractivity contribution >= 4 is 23.4 Å². The topological polar surface area (TPSA) is 78.5 Å². The van der Waals surface area contributed by atoms with E-state index in [0.717, 1.165) is 0 Å². The molecule has 0 aromatic heterocycles. The first kappa shape index (κ1) is 16.7. The smallest absolute Gasteiger partial charge is 0.321 e. The molecule has 0 aliphatic heterocycles. The average molecular weight is 291 g/mol. The fourth-order valence-corrected chi connectivity index (χ4v) is 1.83. The molecule has 6 heteroatoms. The molecule has 0 radical (unpaired) electrons. The number of rotatable bonds is 5. The molecule has 1 aromatic carbocycles. The monoisotopic (exact) mass is 291 g/mol. The van der Waals surface area contributed by atoms with Crippen LogP contribution in [0, 0.1) is 5.92 Å². The maximum absolute atomic E-state index is 12.0. The molecule has 1 atom stereocenters. The van der Waals surface area contributed by atoms with Gasteiger partial charge in [-0.25, -0.2) is 4.79 Å². The lowest BCUT2D eigenvalue weighted by Gasteiger charge is -2.21. The van der Waals surface area contributed by atoms with Crippen molar-refractivity contribution in [2.75, 3.05) is 26.0 Å². The number of nitrogens with zero attached hydrogens (tertiary/aromatic N) is 1. The first-order chi connectivity index (χ1) is 9.85. The predicted molar refractivity (Wildman–Crippen MR) is 81.3 cm³/mol. The van der Waals surface area contributed by atoms with Crippen LogP contribution in [0.1, 0.15) is 24.2 Å². The molecule has 1 rings (SSSR count). The Morgan fingerprint density at radius 2 is 1.76 bits per heavy atom. The first-order valence-corrected chi connectivity index (χ1v) is 6.70. The molecule has 0 bridgehead atoms. The van der Waals surface area contributed by atoms with Gasteiger partial charge in [0.25, 0.3) is 0 Å². The van der Waals surface area contributed by atoms with Gasteiger partial charge in [0.1, 0.15) is 0 Å². The molecule has 0 saturated heterocycles. The second-order valence-electron chi connectivity index (χ2n) is 4.96. The minimum Gasteiger partial charge on any atom is -0.359 e. The number of Topliss-reactive ketones (excluding diaryl/α,β-unsaturated/α-hetero) is 1. The zero-order valence-electron chi connectivity index (χ0n) is 12.8. The van der Waals surface area contributed by atoms with E-state index in [9.17, 15) is 14.4 Å². The Kier molecular flexibility index (Phi) is 5.90. The lowest BCUT2D eigenvalue weighted by atomic mass is 10.1. The third-order valence-corrected chi connectivity index (χ3v) is 3.13. The Labute approximate surface area is 124 Å². The fourth-order valence-electron chi connectivity index (χ4n) is 1.83. The number of benzene rings is 1. The molecule has 0 aliphatic carbocycles. The molecule has 0 aliphatic rings. The van der Waals surface area contributed by atoms with Gasteiger partial charge in [-0.15, -0.1) is 0 Å². The Morgan fingerprint density at radius 1 is 1.19 bits per heavy atom. The van der Waals surface area contributed by atoms with Gasteiger partial charge in [-0.3, -0.25) is 9.59 Å². The van der Waals surface area contributed by atoms with E-state index in [1.165, 1.54) is 11.8 Å². The van der Waals surface area contributed by atoms with E-state index in [4.69, 9.17) is 0 Å². The van der Waals surface area contributed by atoms with Gasteiger partial charge in [-0.2, -0.15) is 0 Å². The van der Waals surface area contributed by atoms with Gasteiger partial charge in [0.05, 0.1) is 5.92 Å². The second kappa shape index (κ2) is 7.42. The van der Waals surface area contributed by atoms with Crippen molar-refractivity contribution < 1.29 is 14.4 Å². The van der Waals surface area contributed by atoms with E-state index in [1.807, 2.05) is 0 Å². The van der Waals surface area contributed by atoms with Crippen LogP contribution in [0.15, 0.2) is 24.3 Å². The summed E-state index contributed by atoms with van der Waals surface area (Å²) in [5.74, 6) is -0.421. The summed E-state index contributed by atoms with van der Waals surface area (Å²) < 4.78 is 0. The number of amides is 3. The van der Waals surface area contributed by atoms with Crippen molar-refractivity contribution in [3.8, 4) is 0 Å². The molecule has 1 unspecified atom stereocenters. The summed E-state index contributed by atoms with van der Waals surface area (Å²) in [6.07, 6.45) is 0. The lowest BCUT2D eigenvalue weighted by Crippen LogP contribution is -2.39. The SMILES string of the molecule is CNC(=O)C(C)CN(C)C(=O)Nc1ccc(C(C)=O)cc1. The molecule has 0 saturated carbocycles. The molecule has 3 amide bonds. The maximum Gasteiger partial charge on any atom is 0.321 e. The van der Waals surface area contributed by atoms with Gasteiger partial charge >= 0.3 is 6.03 Å². The van der Waals surface area contributed by atoms with Crippen molar-refractivity contribution in [3.05, 3.63) is 29.8 Å². The number of nitrogens with one attached hydrogen (secondary N) is 2. The number of hydrogen-bond acceptors (Lipinski definition) is 3. The highest BCUT2D eigenvalue weighted by Gasteiger charge is 2.17. The van der Waals surface area contributed by atoms with Gasteiger partial charge in [-0.1, -0.05) is 6.92 Å². The van der Waals surface area contributed by atoms with Crippen molar-refractivity contribution in [2.24, 2.45) is 5.92 Å². The van der Waals surface area contributed by atoms with Crippen LogP contribution in [0.2, 0.25) is 0 Å². The summed E-state index contributed by atoms with van der Waals surface area (Å²) in [5, 5.41) is 5.26. The number of carbonyl (C=O) groups excluding carboxylic acids is 3. The summed E-state index contributed by atoms with van der Waals surface area (Å²) >= 11 is 0. The Bertz CT molecular complexity index is 525. The summed E-state index contributed by atoms with van der Waals surface area (Å²) in [6.45, 7) is 3.56. The average Bonchev–Trinajstić information content (AvgIpc) is 2.46. The van der Waals surface area contributed by atoms with Crippen LogP contribution in [0.4, 0.5) is 10.5 Å². The van der Waals surface area contributed by atoms with Crippen LogP contribution in [0.3, 0.4) is 0 Å². The molecule has 0 spiro atoms. The normalized spacial score (nSPS) is 11.4. The third kappa shape index (κ3) is 4.91. The number of carbonyl (C=O) groups is 3. The summed E-state index contributed by atoms with van der Waals surface area (Å²) in [6, 6.07) is 6.35. The van der Waals surface area contributed by atoms with E-state index in [1.54, 1.807) is 45.3 Å². The zero-order chi connectivity index (χ0) is 16.0. The van der Waals surface area contributed by atoms with Crippen LogP contribution in [-0.4, -0.2) is 43.3 Å². The fraction of sp³-hybridized carbons (Fsp3) is 0.400. The second-order valence-corrected chi connectivity index (χ2v) is 4.96. The van der Waals surface area contributed by atoms with Crippen LogP contribution in [-0.2, 0) is 4.79 Å². The third-order valence-electron chi connectivity index (χ3n) is 3.13. The molecule has 0 heterocycles. The van der Waals surface area contributed by atoms with E-state index in [0.29, 0.717) is 17.8 Å². The molecule has 0 fully saturated rings. The predicted octanol–water partition coefficient (Wildman–Crippen LogP) is 1.73. The summed E-state index contributed by atoms with van der Waals surface area (Å²) in [4.78, 5) is 36.0. The van der Waals surface area contributed by atoms with Crippen molar-refractivity contribution in [3.63, 3.8) is 0 Å². The minimum absolute atomic E-state index is 0.0237. The van der Waals surface area contributed by atoms with Gasteiger partial charge in [0.2, 0.25) is 5.91 Å². The molecule has 6 nitrogen and oxygen atoms in total. The van der Waals surface area contributed by atoms with Crippen molar-refractivity contribution in [1.29, 1.82) is 0 Å². The van der Waals surface area contributed by atoms with Gasteiger partial charge in [0.15, 0.2) is 5.78 Å². The molecular formula is C15H21N3O3. The van der Waals surface area contributed by atoms with E-state index < -0.39 is 0 Å². The standard InChI is InChI=1S/C15H21N3O3/c1-10(14(20)16-3)9-18(4)15(21)17-13-7-5-12(6-8-13)11(2)19/h5-8,10H,9H2,1-4H3,(H,16,20)(H,17,21). The van der Waals surface area contributed by atoms with Gasteiger partial charge < -0.3 is 15.5 Å². The van der Waals surface area contributed by atoms with Gasteiger partial charge in [-0.05, 0) is 31.2 Å². The summed E-state index contributed by atoms with van der Waals surface area (Å²) in [5.41, 5.74) is 1.19. The lowest BCUT2D eigenvalue weighted by molar-refractivity contribution is -0.124. The minimum atomic E-state index is -0.304. The molecule has 21 heavy (non-hydrogen) atoms. The van der Waals surface area contributed by atoms with E-state index in [-0.39, 0.29) is 23.6 Å². The highest BCUT2D eigenvalue weighted by atomic mass is 16.2. The number of ketones is 1. The van der Waals surface area contributed by atoms with E-state index >= 15 is 0 Å².